The Labute approximate surface area is 209 Å². The van der Waals surface area contributed by atoms with Crippen LogP contribution in [0, 0.1) is 27.7 Å². The molecule has 0 N–H and O–H groups in total. The van der Waals surface area contributed by atoms with Gasteiger partial charge in [0.05, 0.1) is 5.56 Å². The molecule has 9 heteroatoms. The Morgan fingerprint density at radius 2 is 0.886 bits per heavy atom. The summed E-state index contributed by atoms with van der Waals surface area (Å²) in [7, 11) is 0. The van der Waals surface area contributed by atoms with E-state index in [-0.39, 0.29) is 0 Å². The lowest BCUT2D eigenvalue weighted by Gasteiger charge is -2.03. The van der Waals surface area contributed by atoms with Crippen LogP contribution in [0.3, 0.4) is 0 Å². The first-order valence-corrected chi connectivity index (χ1v) is 12.0. The van der Waals surface area contributed by atoms with Crippen LogP contribution in [0.2, 0.25) is 0 Å². The van der Waals surface area contributed by atoms with Crippen molar-refractivity contribution in [2.75, 3.05) is 0 Å². The molecular weight excluding hydrogens is 453 g/mol. The summed E-state index contributed by atoms with van der Waals surface area (Å²) in [4.78, 5) is 22.9. The van der Waals surface area contributed by atoms with Crippen molar-refractivity contribution in [2.45, 2.75) is 95.2 Å². The smallest absolute Gasteiger partial charge is 0.241 e. The third kappa shape index (κ3) is 20.1. The van der Waals surface area contributed by atoms with Crippen LogP contribution in [0.15, 0.2) is 37.2 Å². The lowest BCUT2D eigenvalue weighted by Crippen LogP contribution is -2.06. The molecule has 3 rings (SSSR count). The highest BCUT2D eigenvalue weighted by atomic mass is 19.4. The molecule has 0 spiro atoms. The number of rotatable bonds is 2. The van der Waals surface area contributed by atoms with E-state index in [4.69, 9.17) is 0 Å². The number of alkyl halides is 3. The third-order valence-corrected chi connectivity index (χ3v) is 3.39. The minimum Gasteiger partial charge on any atom is -0.241 e. The molecule has 0 aliphatic heterocycles. The van der Waals surface area contributed by atoms with Crippen molar-refractivity contribution < 1.29 is 13.2 Å². The predicted molar refractivity (Wildman–Crippen MR) is 138 cm³/mol. The number of hydrogen-bond acceptors (Lipinski definition) is 6. The highest BCUT2D eigenvalue weighted by Gasteiger charge is 2.31. The predicted octanol–water partition coefficient (Wildman–Crippen LogP) is 7.71. The van der Waals surface area contributed by atoms with Crippen molar-refractivity contribution in [1.82, 2.24) is 29.9 Å². The van der Waals surface area contributed by atoms with Crippen LogP contribution in [0.5, 0.6) is 0 Å². The lowest BCUT2D eigenvalue weighted by atomic mass is 10.2. The molecule has 0 saturated carbocycles. The van der Waals surface area contributed by atoms with E-state index in [2.05, 4.69) is 36.8 Å². The van der Waals surface area contributed by atoms with Gasteiger partial charge in [0.1, 0.15) is 17.5 Å². The van der Waals surface area contributed by atoms with Gasteiger partial charge in [-0.05, 0) is 45.2 Å². The largest absolute Gasteiger partial charge is 0.419 e. The first-order chi connectivity index (χ1) is 16.6. The molecule has 0 unspecified atom stereocenters. The minimum absolute atomic E-state index is 0.331. The zero-order valence-electron chi connectivity index (χ0n) is 23.2. The molecule has 3 aromatic rings. The Bertz CT molecular complexity index is 814. The summed E-state index contributed by atoms with van der Waals surface area (Å²) < 4.78 is 35.5. The van der Waals surface area contributed by atoms with Gasteiger partial charge in [0.15, 0.2) is 0 Å². The van der Waals surface area contributed by atoms with Gasteiger partial charge >= 0.3 is 6.18 Å². The summed E-state index contributed by atoms with van der Waals surface area (Å²) in [5.41, 5.74) is 1.52. The molecule has 0 saturated heterocycles. The van der Waals surface area contributed by atoms with Gasteiger partial charge in [0.25, 0.3) is 0 Å². The Balaban J connectivity index is -0.000000399. The van der Waals surface area contributed by atoms with E-state index in [1.807, 2.05) is 87.1 Å². The maximum atomic E-state index is 11.8. The quantitative estimate of drug-likeness (QED) is 0.361. The number of aryl methyl sites for hydroxylation is 5. The molecule has 0 aromatic carbocycles. The number of halogens is 3. The zero-order valence-corrected chi connectivity index (χ0v) is 23.2. The molecule has 0 bridgehead atoms. The number of aromatic nitrogens is 6. The second-order valence-electron chi connectivity index (χ2n) is 6.21. The van der Waals surface area contributed by atoms with Crippen molar-refractivity contribution in [3.63, 3.8) is 0 Å². The Morgan fingerprint density at radius 3 is 1.17 bits per heavy atom. The van der Waals surface area contributed by atoms with Gasteiger partial charge in [0, 0.05) is 37.2 Å². The van der Waals surface area contributed by atoms with Gasteiger partial charge in [-0.3, -0.25) is 0 Å². The fourth-order valence-corrected chi connectivity index (χ4v) is 1.83. The van der Waals surface area contributed by atoms with Crippen molar-refractivity contribution >= 4 is 0 Å². The monoisotopic (exact) mass is 496 g/mol. The molecule has 0 atom stereocenters. The van der Waals surface area contributed by atoms with E-state index < -0.39 is 11.7 Å². The van der Waals surface area contributed by atoms with Gasteiger partial charge in [-0.15, -0.1) is 0 Å². The van der Waals surface area contributed by atoms with Crippen LogP contribution in [0.4, 0.5) is 13.2 Å². The summed E-state index contributed by atoms with van der Waals surface area (Å²) in [5, 5.41) is 0. The van der Waals surface area contributed by atoms with Crippen molar-refractivity contribution in [1.29, 1.82) is 0 Å². The normalized spacial score (nSPS) is 9.09. The van der Waals surface area contributed by atoms with Gasteiger partial charge in [-0.1, -0.05) is 54.9 Å². The maximum Gasteiger partial charge on any atom is 0.419 e. The Kier molecular flexibility index (Phi) is 23.8. The standard InChI is InChI=1S/C8H12N2.C6H5F3N2.C6H8N2.3C2H6/c1-3-4-8-5-9-7(2)10-6-8;1-4-10-2-5(3-11-4)6(7,8)9;1-5-3-7-6(2)8-4-5;3*1-2/h5-6H,3-4H2,1-2H3;2-3H,1H3;3-4H,1-2H3;3*1-2H3. The van der Waals surface area contributed by atoms with Crippen molar-refractivity contribution in [3.8, 4) is 0 Å². The van der Waals surface area contributed by atoms with E-state index in [0.717, 1.165) is 42.4 Å². The fourth-order valence-electron chi connectivity index (χ4n) is 1.83. The summed E-state index contributed by atoms with van der Waals surface area (Å²) >= 11 is 0. The average Bonchev–Trinajstić information content (AvgIpc) is 2.87. The van der Waals surface area contributed by atoms with E-state index in [1.165, 1.54) is 12.5 Å². The first kappa shape index (κ1) is 36.6. The number of hydrogen-bond donors (Lipinski definition) is 0. The Hall–Kier alpha value is -2.97. The van der Waals surface area contributed by atoms with Gasteiger partial charge in [-0.25, -0.2) is 29.9 Å². The summed E-state index contributed by atoms with van der Waals surface area (Å²) in [6.07, 6.45) is 6.84. The van der Waals surface area contributed by atoms with Gasteiger partial charge in [0.2, 0.25) is 0 Å². The second kappa shape index (κ2) is 22.8. The topological polar surface area (TPSA) is 77.3 Å². The lowest BCUT2D eigenvalue weighted by molar-refractivity contribution is -0.138. The van der Waals surface area contributed by atoms with Gasteiger partial charge < -0.3 is 0 Å². The maximum absolute atomic E-state index is 11.8. The SMILES string of the molecule is CC.CC.CC.CCCc1cnc(C)nc1.Cc1cnc(C)nc1.Cc1ncc(C(F)(F)F)cn1. The van der Waals surface area contributed by atoms with Crippen LogP contribution >= 0.6 is 0 Å². The van der Waals surface area contributed by atoms with Crippen molar-refractivity contribution in [3.05, 3.63) is 71.3 Å². The van der Waals surface area contributed by atoms with Gasteiger partial charge in [-0.2, -0.15) is 13.2 Å². The highest BCUT2D eigenvalue weighted by Crippen LogP contribution is 2.27. The highest BCUT2D eigenvalue weighted by molar-refractivity contribution is 5.08. The molecule has 0 aliphatic rings. The van der Waals surface area contributed by atoms with E-state index >= 15 is 0 Å². The van der Waals surface area contributed by atoms with Crippen LogP contribution in [0.1, 0.15) is 89.1 Å². The van der Waals surface area contributed by atoms with E-state index in [9.17, 15) is 13.2 Å². The molecule has 198 valence electrons. The summed E-state index contributed by atoms with van der Waals surface area (Å²) in [6.45, 7) is 21.4. The molecule has 0 fully saturated rings. The first-order valence-electron chi connectivity index (χ1n) is 12.0. The molecule has 0 amide bonds. The minimum atomic E-state index is -4.34. The molecule has 0 radical (unpaired) electrons. The van der Waals surface area contributed by atoms with Crippen molar-refractivity contribution in [2.24, 2.45) is 0 Å². The second-order valence-corrected chi connectivity index (χ2v) is 6.21. The fraction of sp³-hybridized carbons (Fsp3) is 0.538. The molecule has 3 heterocycles. The molecule has 35 heavy (non-hydrogen) atoms. The molecule has 3 aromatic heterocycles. The zero-order chi connectivity index (χ0) is 27.9. The van der Waals surface area contributed by atoms with Crippen LogP contribution in [0.25, 0.3) is 0 Å². The van der Waals surface area contributed by atoms with Crippen LogP contribution in [-0.2, 0) is 12.6 Å². The summed E-state index contributed by atoms with van der Waals surface area (Å²) in [6, 6.07) is 0. The molecular formula is C26H43F3N6. The van der Waals surface area contributed by atoms with E-state index in [1.54, 1.807) is 0 Å². The van der Waals surface area contributed by atoms with Crippen LogP contribution < -0.4 is 0 Å². The molecule has 6 nitrogen and oxygen atoms in total. The third-order valence-electron chi connectivity index (χ3n) is 3.39. The van der Waals surface area contributed by atoms with Crippen LogP contribution in [-0.4, -0.2) is 29.9 Å². The summed E-state index contributed by atoms with van der Waals surface area (Å²) in [5.74, 6) is 2.01. The Morgan fingerprint density at radius 1 is 0.571 bits per heavy atom. The molecule has 0 aliphatic carbocycles. The van der Waals surface area contributed by atoms with E-state index in [0.29, 0.717) is 5.82 Å². The number of nitrogens with zero attached hydrogens (tertiary/aromatic N) is 6. The average molecular weight is 497 g/mol.